The Hall–Kier alpha value is -1.26. The summed E-state index contributed by atoms with van der Waals surface area (Å²) in [5.41, 5.74) is 2.21. The summed E-state index contributed by atoms with van der Waals surface area (Å²) < 4.78 is 10.8. The van der Waals surface area contributed by atoms with Gasteiger partial charge in [-0.25, -0.2) is 0 Å². The third-order valence-electron chi connectivity index (χ3n) is 3.63. The van der Waals surface area contributed by atoms with Gasteiger partial charge in [-0.2, -0.15) is 0 Å². The van der Waals surface area contributed by atoms with Gasteiger partial charge in [-0.15, -0.1) is 0 Å². The number of rotatable bonds is 4. The number of ether oxygens (including phenoxy) is 2. The normalized spacial score (nSPS) is 22.2. The van der Waals surface area contributed by atoms with E-state index in [-0.39, 0.29) is 6.04 Å². The molecule has 1 aromatic rings. The molecule has 2 rings (SSSR count). The van der Waals surface area contributed by atoms with E-state index in [2.05, 4.69) is 19.2 Å². The van der Waals surface area contributed by atoms with Crippen LogP contribution in [0.25, 0.3) is 0 Å². The Bertz CT molecular complexity index is 445. The third-order valence-corrected chi connectivity index (χ3v) is 3.63. The van der Waals surface area contributed by atoms with Crippen molar-refractivity contribution in [3.63, 3.8) is 0 Å². The van der Waals surface area contributed by atoms with E-state index in [1.54, 1.807) is 14.2 Å². The number of aliphatic hydroxyl groups is 1. The minimum atomic E-state index is -0.393. The predicted molar refractivity (Wildman–Crippen MR) is 75.0 cm³/mol. The highest BCUT2D eigenvalue weighted by atomic mass is 16.5. The van der Waals surface area contributed by atoms with Gasteiger partial charge >= 0.3 is 0 Å². The molecule has 1 aliphatic rings. The summed E-state index contributed by atoms with van der Waals surface area (Å²) in [6, 6.07) is 4.24. The molecule has 0 fully saturated rings. The molecule has 0 aliphatic heterocycles. The molecule has 2 atom stereocenters. The first-order valence-corrected chi connectivity index (χ1v) is 6.73. The molecule has 1 aliphatic carbocycles. The van der Waals surface area contributed by atoms with E-state index in [4.69, 9.17) is 9.47 Å². The molecule has 0 saturated heterocycles. The number of hydrogen-bond donors (Lipinski definition) is 2. The standard InChI is InChI=1S/C15H23NO3/c1-9(2)16-12-7-10-11(8-13(12)17)15(19-4)6-5-14(10)18-3/h5-6,9,12-13,16-17H,7-8H2,1-4H3/t12-,13-/m0/s1. The predicted octanol–water partition coefficient (Wildman–Crippen LogP) is 1.53. The summed E-state index contributed by atoms with van der Waals surface area (Å²) in [5.74, 6) is 1.70. The van der Waals surface area contributed by atoms with Crippen molar-refractivity contribution >= 4 is 0 Å². The van der Waals surface area contributed by atoms with Gasteiger partial charge in [-0.3, -0.25) is 0 Å². The highest BCUT2D eigenvalue weighted by molar-refractivity contribution is 5.51. The van der Waals surface area contributed by atoms with Crippen molar-refractivity contribution in [3.8, 4) is 11.5 Å². The lowest BCUT2D eigenvalue weighted by Crippen LogP contribution is -2.48. The van der Waals surface area contributed by atoms with Crippen molar-refractivity contribution < 1.29 is 14.6 Å². The van der Waals surface area contributed by atoms with Gasteiger partial charge in [0.15, 0.2) is 0 Å². The molecule has 19 heavy (non-hydrogen) atoms. The van der Waals surface area contributed by atoms with E-state index in [9.17, 15) is 5.11 Å². The molecule has 0 aromatic heterocycles. The van der Waals surface area contributed by atoms with Crippen LogP contribution in [0.4, 0.5) is 0 Å². The molecule has 0 saturated carbocycles. The van der Waals surface area contributed by atoms with Crippen LogP contribution in [0, 0.1) is 0 Å². The van der Waals surface area contributed by atoms with Gasteiger partial charge < -0.3 is 19.9 Å². The van der Waals surface area contributed by atoms with E-state index in [1.807, 2.05) is 12.1 Å². The fourth-order valence-electron chi connectivity index (χ4n) is 2.79. The monoisotopic (exact) mass is 265 g/mol. The highest BCUT2D eigenvalue weighted by Crippen LogP contribution is 2.36. The Labute approximate surface area is 114 Å². The van der Waals surface area contributed by atoms with Gasteiger partial charge in [-0.1, -0.05) is 13.8 Å². The molecule has 0 radical (unpaired) electrons. The highest BCUT2D eigenvalue weighted by Gasteiger charge is 2.31. The first-order chi connectivity index (χ1) is 9.06. The first kappa shape index (κ1) is 14.2. The van der Waals surface area contributed by atoms with Crippen LogP contribution in [0.15, 0.2) is 12.1 Å². The summed E-state index contributed by atoms with van der Waals surface area (Å²) in [6.45, 7) is 4.18. The van der Waals surface area contributed by atoms with Crippen LogP contribution < -0.4 is 14.8 Å². The Morgan fingerprint density at radius 1 is 1.11 bits per heavy atom. The van der Waals surface area contributed by atoms with Crippen LogP contribution in [0.3, 0.4) is 0 Å². The van der Waals surface area contributed by atoms with E-state index >= 15 is 0 Å². The molecule has 2 N–H and O–H groups in total. The average Bonchev–Trinajstić information content (AvgIpc) is 2.38. The summed E-state index contributed by atoms with van der Waals surface area (Å²) >= 11 is 0. The van der Waals surface area contributed by atoms with Crippen LogP contribution in [0.5, 0.6) is 11.5 Å². The summed E-state index contributed by atoms with van der Waals surface area (Å²) in [5, 5.41) is 13.7. The van der Waals surface area contributed by atoms with Crippen LogP contribution in [-0.4, -0.2) is 37.5 Å². The average molecular weight is 265 g/mol. The lowest BCUT2D eigenvalue weighted by Gasteiger charge is -2.33. The van der Waals surface area contributed by atoms with Crippen molar-refractivity contribution in [1.29, 1.82) is 0 Å². The summed E-state index contributed by atoms with van der Waals surface area (Å²) in [6.07, 6.45) is 0.964. The molecule has 0 spiro atoms. The Kier molecular flexibility index (Phi) is 4.32. The second kappa shape index (κ2) is 5.80. The molecule has 4 nitrogen and oxygen atoms in total. The molecular weight excluding hydrogens is 242 g/mol. The Morgan fingerprint density at radius 3 is 2.11 bits per heavy atom. The summed E-state index contributed by atoms with van der Waals surface area (Å²) in [4.78, 5) is 0. The van der Waals surface area contributed by atoms with Gasteiger partial charge in [0, 0.05) is 29.6 Å². The second-order valence-electron chi connectivity index (χ2n) is 5.33. The van der Waals surface area contributed by atoms with Crippen molar-refractivity contribution in [1.82, 2.24) is 5.32 Å². The van der Waals surface area contributed by atoms with Gasteiger partial charge in [0.05, 0.1) is 20.3 Å². The van der Waals surface area contributed by atoms with Crippen LogP contribution in [0.1, 0.15) is 25.0 Å². The maximum atomic E-state index is 10.3. The minimum Gasteiger partial charge on any atom is -0.496 e. The van der Waals surface area contributed by atoms with Gasteiger partial charge in [0.1, 0.15) is 11.5 Å². The molecule has 106 valence electrons. The minimum absolute atomic E-state index is 0.0634. The molecule has 4 heteroatoms. The molecular formula is C15H23NO3. The fraction of sp³-hybridized carbons (Fsp3) is 0.600. The van der Waals surface area contributed by atoms with Crippen molar-refractivity contribution in [3.05, 3.63) is 23.3 Å². The SMILES string of the molecule is COc1ccc(OC)c2c1C[C@H](NC(C)C)[C@@H](O)C2. The number of aliphatic hydroxyl groups excluding tert-OH is 1. The van der Waals surface area contributed by atoms with E-state index < -0.39 is 6.10 Å². The Morgan fingerprint density at radius 2 is 1.63 bits per heavy atom. The van der Waals surface area contributed by atoms with Crippen LogP contribution in [0.2, 0.25) is 0 Å². The van der Waals surface area contributed by atoms with Crippen molar-refractivity contribution in [2.75, 3.05) is 14.2 Å². The molecule has 0 unspecified atom stereocenters. The molecule has 0 amide bonds. The maximum Gasteiger partial charge on any atom is 0.122 e. The molecule has 0 bridgehead atoms. The van der Waals surface area contributed by atoms with E-state index in [0.717, 1.165) is 29.0 Å². The second-order valence-corrected chi connectivity index (χ2v) is 5.33. The zero-order chi connectivity index (χ0) is 14.0. The lowest BCUT2D eigenvalue weighted by molar-refractivity contribution is 0.113. The topological polar surface area (TPSA) is 50.7 Å². The number of methoxy groups -OCH3 is 2. The van der Waals surface area contributed by atoms with Crippen molar-refractivity contribution in [2.24, 2.45) is 0 Å². The lowest BCUT2D eigenvalue weighted by atomic mass is 9.84. The van der Waals surface area contributed by atoms with E-state index in [1.165, 1.54) is 0 Å². The number of hydrogen-bond acceptors (Lipinski definition) is 4. The van der Waals surface area contributed by atoms with E-state index in [0.29, 0.717) is 12.5 Å². The molecule has 0 heterocycles. The zero-order valence-electron chi connectivity index (χ0n) is 12.1. The number of benzene rings is 1. The quantitative estimate of drug-likeness (QED) is 0.867. The first-order valence-electron chi connectivity index (χ1n) is 6.73. The zero-order valence-corrected chi connectivity index (χ0v) is 12.1. The van der Waals surface area contributed by atoms with Crippen LogP contribution in [-0.2, 0) is 12.8 Å². The largest absolute Gasteiger partial charge is 0.496 e. The van der Waals surface area contributed by atoms with Gasteiger partial charge in [-0.05, 0) is 18.6 Å². The van der Waals surface area contributed by atoms with Crippen molar-refractivity contribution in [2.45, 2.75) is 44.9 Å². The number of nitrogens with one attached hydrogen (secondary N) is 1. The number of fused-ring (bicyclic) bond motifs is 1. The smallest absolute Gasteiger partial charge is 0.122 e. The fourth-order valence-corrected chi connectivity index (χ4v) is 2.79. The van der Waals surface area contributed by atoms with Crippen LogP contribution >= 0.6 is 0 Å². The Balaban J connectivity index is 2.36. The maximum absolute atomic E-state index is 10.3. The summed E-state index contributed by atoms with van der Waals surface area (Å²) in [7, 11) is 3.34. The third kappa shape index (κ3) is 2.85. The molecule has 1 aromatic carbocycles. The van der Waals surface area contributed by atoms with Gasteiger partial charge in [0.25, 0.3) is 0 Å². The van der Waals surface area contributed by atoms with Gasteiger partial charge in [0.2, 0.25) is 0 Å².